The molecule has 3 nitrogen and oxygen atoms in total. The largest absolute Gasteiger partial charge is 0.250 e. The molecule has 1 aromatic heterocycles. The third-order valence-corrected chi connectivity index (χ3v) is 6.96. The summed E-state index contributed by atoms with van der Waals surface area (Å²) in [7, 11) is -3.40. The fourth-order valence-corrected chi connectivity index (χ4v) is 5.13. The van der Waals surface area contributed by atoms with E-state index in [9.17, 15) is 8.42 Å². The summed E-state index contributed by atoms with van der Waals surface area (Å²) in [5.74, 6) is 0. The van der Waals surface area contributed by atoms with Gasteiger partial charge in [-0.25, -0.2) is 13.1 Å². The fraction of sp³-hybridized carbons (Fsp3) is 0.286. The molecule has 20 heavy (non-hydrogen) atoms. The fourth-order valence-electron chi connectivity index (χ4n) is 1.83. The highest BCUT2D eigenvalue weighted by atomic mass is 79.9. The molecule has 2 aromatic rings. The van der Waals surface area contributed by atoms with Gasteiger partial charge in [0.1, 0.15) is 4.21 Å². The smallest absolute Gasteiger partial charge is 0.210 e. The van der Waals surface area contributed by atoms with E-state index in [1.54, 1.807) is 6.07 Å². The van der Waals surface area contributed by atoms with Gasteiger partial charge >= 0.3 is 0 Å². The molecule has 0 amide bonds. The Balaban J connectivity index is 1.99. The molecule has 0 aliphatic rings. The first kappa shape index (κ1) is 15.7. The molecule has 0 fully saturated rings. The number of rotatable bonds is 5. The highest BCUT2D eigenvalue weighted by Crippen LogP contribution is 2.30. The number of benzene rings is 1. The number of sulfonamides is 1. The molecular formula is C14H16BrNO2S2. The molecule has 1 heterocycles. The molecule has 1 N–H and O–H groups in total. The predicted molar refractivity (Wildman–Crippen MR) is 86.8 cm³/mol. The van der Waals surface area contributed by atoms with Crippen LogP contribution in [0, 0.1) is 13.8 Å². The van der Waals surface area contributed by atoms with Crippen molar-refractivity contribution in [2.75, 3.05) is 6.54 Å². The van der Waals surface area contributed by atoms with Crippen LogP contribution >= 0.6 is 27.3 Å². The summed E-state index contributed by atoms with van der Waals surface area (Å²) in [5, 5.41) is 0. The van der Waals surface area contributed by atoms with Crippen molar-refractivity contribution in [2.45, 2.75) is 24.5 Å². The van der Waals surface area contributed by atoms with Crippen molar-refractivity contribution < 1.29 is 8.42 Å². The van der Waals surface area contributed by atoms with Crippen molar-refractivity contribution in [1.82, 2.24) is 4.72 Å². The average molecular weight is 374 g/mol. The summed E-state index contributed by atoms with van der Waals surface area (Å²) in [4.78, 5) is 0. The third kappa shape index (κ3) is 3.91. The van der Waals surface area contributed by atoms with Gasteiger partial charge in [0.05, 0.1) is 3.79 Å². The minimum Gasteiger partial charge on any atom is -0.210 e. The predicted octanol–water partition coefficient (Wildman–Crippen LogP) is 3.65. The second-order valence-electron chi connectivity index (χ2n) is 4.66. The molecule has 1 aromatic carbocycles. The Morgan fingerprint density at radius 2 is 2.00 bits per heavy atom. The van der Waals surface area contributed by atoms with Crippen molar-refractivity contribution in [3.63, 3.8) is 0 Å². The molecule has 0 saturated carbocycles. The molecular weight excluding hydrogens is 358 g/mol. The first-order chi connectivity index (χ1) is 9.38. The molecule has 6 heteroatoms. The van der Waals surface area contributed by atoms with E-state index in [-0.39, 0.29) is 0 Å². The van der Waals surface area contributed by atoms with Crippen LogP contribution in [0.4, 0.5) is 0 Å². The second kappa shape index (κ2) is 6.39. The van der Waals surface area contributed by atoms with Crippen molar-refractivity contribution in [3.8, 4) is 0 Å². The standard InChI is InChI=1S/C14H16BrNO2S2/c1-10-4-3-5-12(8-10)6-7-16-20(17,18)13-9-11(2)14(15)19-13/h3-5,8-9,16H,6-7H2,1-2H3. The highest BCUT2D eigenvalue weighted by molar-refractivity contribution is 9.11. The quantitative estimate of drug-likeness (QED) is 0.869. The van der Waals surface area contributed by atoms with Gasteiger partial charge in [0.2, 0.25) is 10.0 Å². The Bertz CT molecular complexity index is 688. The zero-order chi connectivity index (χ0) is 14.8. The summed E-state index contributed by atoms with van der Waals surface area (Å²) >= 11 is 4.58. The Morgan fingerprint density at radius 3 is 2.60 bits per heavy atom. The Hall–Kier alpha value is -0.690. The minimum absolute atomic E-state index is 0.353. The van der Waals surface area contributed by atoms with Crippen molar-refractivity contribution in [3.05, 3.63) is 50.8 Å². The monoisotopic (exact) mass is 373 g/mol. The van der Waals surface area contributed by atoms with Gasteiger partial charge in [-0.2, -0.15) is 0 Å². The van der Waals surface area contributed by atoms with Crippen LogP contribution in [0.2, 0.25) is 0 Å². The maximum Gasteiger partial charge on any atom is 0.250 e. The van der Waals surface area contributed by atoms with E-state index in [1.165, 1.54) is 16.9 Å². The second-order valence-corrected chi connectivity index (χ2v) is 9.02. The number of hydrogen-bond acceptors (Lipinski definition) is 3. The molecule has 0 atom stereocenters. The zero-order valence-corrected chi connectivity index (χ0v) is 14.5. The Labute approximate surface area is 132 Å². The molecule has 0 radical (unpaired) electrons. The number of aryl methyl sites for hydroxylation is 2. The van der Waals surface area contributed by atoms with Crippen molar-refractivity contribution in [2.24, 2.45) is 0 Å². The van der Waals surface area contributed by atoms with Crippen LogP contribution < -0.4 is 4.72 Å². The van der Waals surface area contributed by atoms with Gasteiger partial charge in [0.25, 0.3) is 0 Å². The van der Waals surface area contributed by atoms with Gasteiger partial charge < -0.3 is 0 Å². The summed E-state index contributed by atoms with van der Waals surface area (Å²) in [6, 6.07) is 9.77. The van der Waals surface area contributed by atoms with Gasteiger partial charge in [-0.3, -0.25) is 0 Å². The maximum atomic E-state index is 12.1. The summed E-state index contributed by atoms with van der Waals surface area (Å²) in [6.45, 7) is 4.31. The SMILES string of the molecule is Cc1cccc(CCNS(=O)(=O)c2cc(C)c(Br)s2)c1. The lowest BCUT2D eigenvalue weighted by molar-refractivity contribution is 0.583. The van der Waals surface area contributed by atoms with Crippen LogP contribution in [0.3, 0.4) is 0 Å². The lowest BCUT2D eigenvalue weighted by Gasteiger charge is -2.05. The van der Waals surface area contributed by atoms with Crippen LogP contribution in [0.1, 0.15) is 16.7 Å². The molecule has 0 bridgehead atoms. The van der Waals surface area contributed by atoms with Crippen molar-refractivity contribution in [1.29, 1.82) is 0 Å². The van der Waals surface area contributed by atoms with Crippen molar-refractivity contribution >= 4 is 37.3 Å². The maximum absolute atomic E-state index is 12.1. The molecule has 0 spiro atoms. The Kier molecular flexibility index (Phi) is 5.01. The summed E-state index contributed by atoms with van der Waals surface area (Å²) in [6.07, 6.45) is 0.687. The van der Waals surface area contributed by atoms with Gasteiger partial charge in [-0.05, 0) is 53.4 Å². The van der Waals surface area contributed by atoms with Crippen LogP contribution in [0.25, 0.3) is 0 Å². The van der Waals surface area contributed by atoms with Crippen LogP contribution in [0.15, 0.2) is 38.3 Å². The number of thiophene rings is 1. The molecule has 0 aliphatic heterocycles. The first-order valence-corrected chi connectivity index (χ1v) is 9.29. The lowest BCUT2D eigenvalue weighted by Crippen LogP contribution is -2.25. The normalized spacial score (nSPS) is 11.8. The van der Waals surface area contributed by atoms with E-state index in [0.717, 1.165) is 14.9 Å². The van der Waals surface area contributed by atoms with Crippen LogP contribution in [0.5, 0.6) is 0 Å². The minimum atomic E-state index is -3.40. The highest BCUT2D eigenvalue weighted by Gasteiger charge is 2.17. The topological polar surface area (TPSA) is 46.2 Å². The van der Waals surface area contributed by atoms with Crippen LogP contribution in [-0.4, -0.2) is 15.0 Å². The third-order valence-electron chi connectivity index (χ3n) is 2.89. The zero-order valence-electron chi connectivity index (χ0n) is 11.3. The summed E-state index contributed by atoms with van der Waals surface area (Å²) in [5.41, 5.74) is 3.26. The van der Waals surface area contributed by atoms with E-state index < -0.39 is 10.0 Å². The van der Waals surface area contributed by atoms with E-state index in [1.807, 2.05) is 32.0 Å². The first-order valence-electron chi connectivity index (χ1n) is 6.19. The molecule has 0 unspecified atom stereocenters. The van der Waals surface area contributed by atoms with E-state index in [0.29, 0.717) is 17.2 Å². The number of nitrogens with one attached hydrogen (secondary N) is 1. The number of halogens is 1. The van der Waals surface area contributed by atoms with Gasteiger partial charge in [0.15, 0.2) is 0 Å². The molecule has 0 aliphatic carbocycles. The Morgan fingerprint density at radius 1 is 1.25 bits per heavy atom. The van der Waals surface area contributed by atoms with Gasteiger partial charge in [-0.1, -0.05) is 29.8 Å². The number of hydrogen-bond donors (Lipinski definition) is 1. The molecule has 108 valence electrons. The van der Waals surface area contributed by atoms with E-state index in [2.05, 4.69) is 26.7 Å². The molecule has 2 rings (SSSR count). The lowest BCUT2D eigenvalue weighted by atomic mass is 10.1. The molecule has 0 saturated heterocycles. The van der Waals surface area contributed by atoms with Gasteiger partial charge in [-0.15, -0.1) is 11.3 Å². The van der Waals surface area contributed by atoms with Gasteiger partial charge in [0, 0.05) is 6.54 Å². The van der Waals surface area contributed by atoms with E-state index >= 15 is 0 Å². The van der Waals surface area contributed by atoms with E-state index in [4.69, 9.17) is 0 Å². The summed E-state index contributed by atoms with van der Waals surface area (Å²) < 4.78 is 28.1. The average Bonchev–Trinajstić information content (AvgIpc) is 2.70. The van der Waals surface area contributed by atoms with Crippen LogP contribution in [-0.2, 0) is 16.4 Å².